The van der Waals surface area contributed by atoms with Gasteiger partial charge in [-0.25, -0.2) is 4.39 Å². The van der Waals surface area contributed by atoms with Gasteiger partial charge < -0.3 is 4.90 Å². The van der Waals surface area contributed by atoms with Crippen LogP contribution in [-0.2, 0) is 6.54 Å². The quantitative estimate of drug-likeness (QED) is 0.852. The van der Waals surface area contributed by atoms with Gasteiger partial charge in [-0.2, -0.15) is 5.26 Å². The van der Waals surface area contributed by atoms with Crippen LogP contribution in [0.1, 0.15) is 11.1 Å². The molecular formula is C15H12BrFN2. The molecule has 96 valence electrons. The summed E-state index contributed by atoms with van der Waals surface area (Å²) >= 11 is 3.12. The maximum absolute atomic E-state index is 14.2. The van der Waals surface area contributed by atoms with Gasteiger partial charge in [0.05, 0.1) is 15.7 Å². The van der Waals surface area contributed by atoms with E-state index in [4.69, 9.17) is 5.26 Å². The number of nitriles is 1. The van der Waals surface area contributed by atoms with Gasteiger partial charge in [-0.15, -0.1) is 0 Å². The first-order chi connectivity index (χ1) is 9.13. The van der Waals surface area contributed by atoms with E-state index in [0.29, 0.717) is 17.8 Å². The minimum atomic E-state index is -0.405. The van der Waals surface area contributed by atoms with Crippen LogP contribution in [0.15, 0.2) is 46.9 Å². The molecule has 0 fully saturated rings. The van der Waals surface area contributed by atoms with Gasteiger partial charge in [0.2, 0.25) is 0 Å². The molecule has 0 bridgehead atoms. The van der Waals surface area contributed by atoms with Crippen LogP contribution in [0.5, 0.6) is 0 Å². The maximum atomic E-state index is 14.2. The Bertz CT molecular complexity index is 620. The molecule has 0 aliphatic heterocycles. The summed E-state index contributed by atoms with van der Waals surface area (Å²) in [4.78, 5) is 1.82. The summed E-state index contributed by atoms with van der Waals surface area (Å²) in [5.41, 5.74) is 1.87. The normalized spacial score (nSPS) is 10.0. The van der Waals surface area contributed by atoms with Crippen molar-refractivity contribution in [3.05, 3.63) is 63.9 Å². The Morgan fingerprint density at radius 2 is 1.89 bits per heavy atom. The first-order valence-corrected chi connectivity index (χ1v) is 6.56. The maximum Gasteiger partial charge on any atom is 0.161 e. The van der Waals surface area contributed by atoms with Crippen LogP contribution >= 0.6 is 15.9 Å². The fourth-order valence-electron chi connectivity index (χ4n) is 1.86. The minimum Gasteiger partial charge on any atom is -0.368 e. The second kappa shape index (κ2) is 5.85. The summed E-state index contributed by atoms with van der Waals surface area (Å²) in [6, 6.07) is 15.0. The molecule has 0 aliphatic carbocycles. The molecule has 0 aliphatic rings. The standard InChI is InChI=1S/C15H12BrFN2/c1-19(10-11-5-3-2-4-6-11)13-8-7-12(9-18)14(16)15(13)17/h2-8H,10H2,1H3. The highest BCUT2D eigenvalue weighted by Crippen LogP contribution is 2.29. The number of hydrogen-bond acceptors (Lipinski definition) is 2. The van der Waals surface area contributed by atoms with E-state index in [2.05, 4.69) is 15.9 Å². The molecule has 2 aromatic rings. The summed E-state index contributed by atoms with van der Waals surface area (Å²) in [5.74, 6) is -0.405. The Hall–Kier alpha value is -1.86. The molecule has 0 heterocycles. The third-order valence-electron chi connectivity index (χ3n) is 2.86. The summed E-state index contributed by atoms with van der Waals surface area (Å²) < 4.78 is 14.4. The number of benzene rings is 2. The summed E-state index contributed by atoms with van der Waals surface area (Å²) in [7, 11) is 1.82. The molecule has 2 aromatic carbocycles. The van der Waals surface area contributed by atoms with Crippen molar-refractivity contribution in [1.29, 1.82) is 5.26 Å². The van der Waals surface area contributed by atoms with Gasteiger partial charge in [0.15, 0.2) is 5.82 Å². The summed E-state index contributed by atoms with van der Waals surface area (Å²) in [5, 5.41) is 8.85. The van der Waals surface area contributed by atoms with Crippen LogP contribution < -0.4 is 4.90 Å². The topological polar surface area (TPSA) is 27.0 Å². The number of hydrogen-bond donors (Lipinski definition) is 0. The Labute approximate surface area is 120 Å². The summed E-state index contributed by atoms with van der Waals surface area (Å²) in [6.07, 6.45) is 0. The molecule has 0 N–H and O–H groups in total. The van der Waals surface area contributed by atoms with Crippen molar-refractivity contribution in [2.45, 2.75) is 6.54 Å². The van der Waals surface area contributed by atoms with Gasteiger partial charge in [0.25, 0.3) is 0 Å². The molecular weight excluding hydrogens is 307 g/mol. The van der Waals surface area contributed by atoms with Crippen LogP contribution in [0, 0.1) is 17.1 Å². The van der Waals surface area contributed by atoms with Gasteiger partial charge in [-0.3, -0.25) is 0 Å². The van der Waals surface area contributed by atoms with Crippen LogP contribution in [0.4, 0.5) is 10.1 Å². The Morgan fingerprint density at radius 3 is 2.53 bits per heavy atom. The number of anilines is 1. The number of nitrogens with zero attached hydrogens (tertiary/aromatic N) is 2. The molecule has 2 nitrogen and oxygen atoms in total. The van der Waals surface area contributed by atoms with Crippen molar-refractivity contribution in [2.75, 3.05) is 11.9 Å². The first-order valence-electron chi connectivity index (χ1n) is 5.76. The van der Waals surface area contributed by atoms with Crippen molar-refractivity contribution >= 4 is 21.6 Å². The van der Waals surface area contributed by atoms with Gasteiger partial charge in [0, 0.05) is 13.6 Å². The summed E-state index contributed by atoms with van der Waals surface area (Å²) in [6.45, 7) is 0.607. The smallest absolute Gasteiger partial charge is 0.161 e. The van der Waals surface area contributed by atoms with Crippen molar-refractivity contribution in [3.8, 4) is 6.07 Å². The van der Waals surface area contributed by atoms with Crippen molar-refractivity contribution in [1.82, 2.24) is 0 Å². The number of rotatable bonds is 3. The molecule has 0 amide bonds. The van der Waals surface area contributed by atoms with Crippen LogP contribution in [-0.4, -0.2) is 7.05 Å². The molecule has 4 heteroatoms. The predicted octanol–water partition coefficient (Wildman–Crippen LogP) is 4.10. The fourth-order valence-corrected chi connectivity index (χ4v) is 2.29. The lowest BCUT2D eigenvalue weighted by Crippen LogP contribution is -2.18. The number of halogens is 2. The van der Waals surface area contributed by atoms with E-state index in [1.54, 1.807) is 12.1 Å². The molecule has 0 unspecified atom stereocenters. The second-order valence-corrected chi connectivity index (χ2v) is 5.01. The van der Waals surface area contributed by atoms with E-state index in [0.717, 1.165) is 5.56 Å². The van der Waals surface area contributed by atoms with E-state index in [1.807, 2.05) is 48.3 Å². The monoisotopic (exact) mass is 318 g/mol. The van der Waals surface area contributed by atoms with Gasteiger partial charge in [-0.05, 0) is 33.6 Å². The highest BCUT2D eigenvalue weighted by atomic mass is 79.9. The average Bonchev–Trinajstić information content (AvgIpc) is 2.42. The molecule has 0 saturated carbocycles. The van der Waals surface area contributed by atoms with E-state index >= 15 is 0 Å². The Kier molecular flexibility index (Phi) is 4.18. The van der Waals surface area contributed by atoms with Crippen LogP contribution in [0.3, 0.4) is 0 Å². The lowest BCUT2D eigenvalue weighted by atomic mass is 10.1. The molecule has 0 aromatic heterocycles. The zero-order valence-electron chi connectivity index (χ0n) is 10.4. The SMILES string of the molecule is CN(Cc1ccccc1)c1ccc(C#N)c(Br)c1F. The van der Waals surface area contributed by atoms with Crippen LogP contribution in [0.2, 0.25) is 0 Å². The van der Waals surface area contributed by atoms with Crippen molar-refractivity contribution in [2.24, 2.45) is 0 Å². The molecule has 19 heavy (non-hydrogen) atoms. The zero-order valence-corrected chi connectivity index (χ0v) is 12.0. The fraction of sp³-hybridized carbons (Fsp3) is 0.133. The third kappa shape index (κ3) is 2.94. The third-order valence-corrected chi connectivity index (χ3v) is 3.63. The van der Waals surface area contributed by atoms with Gasteiger partial charge in [0.1, 0.15) is 6.07 Å². The van der Waals surface area contributed by atoms with Gasteiger partial charge in [-0.1, -0.05) is 30.3 Å². The highest BCUT2D eigenvalue weighted by molar-refractivity contribution is 9.10. The molecule has 0 saturated heterocycles. The molecule has 0 spiro atoms. The Balaban J connectivity index is 2.28. The van der Waals surface area contributed by atoms with Gasteiger partial charge >= 0.3 is 0 Å². The lowest BCUT2D eigenvalue weighted by Gasteiger charge is -2.20. The van der Waals surface area contributed by atoms with E-state index < -0.39 is 5.82 Å². The van der Waals surface area contributed by atoms with E-state index in [-0.39, 0.29) is 4.47 Å². The van der Waals surface area contributed by atoms with Crippen molar-refractivity contribution < 1.29 is 4.39 Å². The first kappa shape index (κ1) is 13.6. The Morgan fingerprint density at radius 1 is 1.21 bits per heavy atom. The highest BCUT2D eigenvalue weighted by Gasteiger charge is 2.14. The molecule has 0 atom stereocenters. The largest absolute Gasteiger partial charge is 0.368 e. The second-order valence-electron chi connectivity index (χ2n) is 4.21. The molecule has 2 rings (SSSR count). The van der Waals surface area contributed by atoms with Crippen LogP contribution in [0.25, 0.3) is 0 Å². The molecule has 0 radical (unpaired) electrons. The van der Waals surface area contributed by atoms with E-state index in [1.165, 1.54) is 0 Å². The van der Waals surface area contributed by atoms with Crippen molar-refractivity contribution in [3.63, 3.8) is 0 Å². The lowest BCUT2D eigenvalue weighted by molar-refractivity contribution is 0.615. The zero-order chi connectivity index (χ0) is 13.8. The minimum absolute atomic E-state index is 0.215. The van der Waals surface area contributed by atoms with E-state index in [9.17, 15) is 4.39 Å². The predicted molar refractivity (Wildman–Crippen MR) is 77.4 cm³/mol. The average molecular weight is 319 g/mol.